The molecule has 0 saturated carbocycles. The number of aryl methyl sites for hydroxylation is 1. The number of aromatic nitrogens is 1. The van der Waals surface area contributed by atoms with E-state index < -0.39 is 6.17 Å². The van der Waals surface area contributed by atoms with Crippen LogP contribution in [-0.4, -0.2) is 11.3 Å². The van der Waals surface area contributed by atoms with Gasteiger partial charge in [-0.3, -0.25) is 0 Å². The first kappa shape index (κ1) is 12.3. The zero-order valence-electron chi connectivity index (χ0n) is 10.7. The summed E-state index contributed by atoms with van der Waals surface area (Å²) in [4.78, 5) is 9.23. The third-order valence-electron chi connectivity index (χ3n) is 3.47. The topological polar surface area (TPSA) is 53.7 Å². The van der Waals surface area contributed by atoms with Gasteiger partial charge in [0, 0.05) is 22.0 Å². The van der Waals surface area contributed by atoms with Gasteiger partial charge < -0.3 is 9.88 Å². The van der Waals surface area contributed by atoms with Gasteiger partial charge in [0.25, 0.3) is 0 Å². The average Bonchev–Trinajstić information content (AvgIpc) is 2.66. The summed E-state index contributed by atoms with van der Waals surface area (Å²) in [7, 11) is 0. The third-order valence-corrected chi connectivity index (χ3v) is 3.70. The normalized spacial score (nSPS) is 17.7. The largest absolute Gasteiger partial charge is 0.343 e. The highest BCUT2D eigenvalue weighted by Crippen LogP contribution is 2.37. The van der Waals surface area contributed by atoms with Crippen LogP contribution in [-0.2, 0) is 0 Å². The zero-order valence-corrected chi connectivity index (χ0v) is 11.4. The number of H-pyrrole nitrogens is 1. The van der Waals surface area contributed by atoms with Crippen molar-refractivity contribution in [1.82, 2.24) is 10.7 Å². The molecule has 2 radical (unpaired) electrons. The fourth-order valence-corrected chi connectivity index (χ4v) is 2.49. The molecule has 2 aromatic rings. The quantitative estimate of drug-likeness (QED) is 0.848. The van der Waals surface area contributed by atoms with E-state index in [9.17, 15) is 5.73 Å². The molecule has 5 heteroatoms. The first-order chi connectivity index (χ1) is 9.08. The summed E-state index contributed by atoms with van der Waals surface area (Å²) in [6, 6.07) is 7.34. The van der Waals surface area contributed by atoms with Crippen molar-refractivity contribution in [3.05, 3.63) is 46.1 Å². The first-order valence-electron chi connectivity index (χ1n) is 6.03. The molecular formula is C14H13ClN4. The number of hydrogen-bond donors (Lipinski definition) is 1. The minimum absolute atomic E-state index is 0.630. The number of nitrogens with one attached hydrogen (secondary N) is 1. The molecule has 1 aromatic heterocycles. The lowest BCUT2D eigenvalue weighted by Crippen LogP contribution is -2.30. The number of fused-ring (bicyclic) bond motifs is 1. The minimum atomic E-state index is -0.754. The molecule has 0 fully saturated rings. The standard InChI is InChI=1S/C14H13ClN4/c1-8-9(2)18-14-12(8)13(16)19(7-17-14)11-5-3-4-10(15)6-11/h3-7,13,18H,1-2H3. The second-order valence-electron chi connectivity index (χ2n) is 4.64. The van der Waals surface area contributed by atoms with Gasteiger partial charge in [-0.15, -0.1) is 5.73 Å². The molecule has 0 bridgehead atoms. The van der Waals surface area contributed by atoms with E-state index in [4.69, 9.17) is 11.6 Å². The van der Waals surface area contributed by atoms with Crippen LogP contribution in [0, 0.1) is 13.8 Å². The average molecular weight is 273 g/mol. The molecule has 4 nitrogen and oxygen atoms in total. The molecule has 0 saturated heterocycles. The van der Waals surface area contributed by atoms with E-state index in [1.165, 1.54) is 0 Å². The van der Waals surface area contributed by atoms with Crippen molar-refractivity contribution in [2.45, 2.75) is 20.0 Å². The second-order valence-corrected chi connectivity index (χ2v) is 5.08. The molecule has 0 aliphatic carbocycles. The van der Waals surface area contributed by atoms with Gasteiger partial charge in [0.05, 0.1) is 6.34 Å². The van der Waals surface area contributed by atoms with Crippen LogP contribution in [0.1, 0.15) is 23.0 Å². The summed E-state index contributed by atoms with van der Waals surface area (Å²) in [6.45, 7) is 3.95. The monoisotopic (exact) mass is 272 g/mol. The molecule has 19 heavy (non-hydrogen) atoms. The summed E-state index contributed by atoms with van der Waals surface area (Å²) in [5.41, 5.74) is 14.2. The Morgan fingerprint density at radius 3 is 2.89 bits per heavy atom. The number of nitrogens with zero attached hydrogens (tertiary/aromatic N) is 3. The van der Waals surface area contributed by atoms with Crippen molar-refractivity contribution >= 4 is 29.4 Å². The predicted octanol–water partition coefficient (Wildman–Crippen LogP) is 3.53. The van der Waals surface area contributed by atoms with Crippen LogP contribution in [0.3, 0.4) is 0 Å². The summed E-state index contributed by atoms with van der Waals surface area (Å²) < 4.78 is 0. The lowest BCUT2D eigenvalue weighted by molar-refractivity contribution is 0.721. The van der Waals surface area contributed by atoms with E-state index in [0.717, 1.165) is 28.3 Å². The molecule has 3 rings (SSSR count). The van der Waals surface area contributed by atoms with Gasteiger partial charge in [-0.05, 0) is 37.6 Å². The molecule has 0 spiro atoms. The van der Waals surface area contributed by atoms with Crippen molar-refractivity contribution < 1.29 is 0 Å². The van der Waals surface area contributed by atoms with Gasteiger partial charge in [-0.25, -0.2) is 4.99 Å². The maximum atomic E-state index is 10.5. The van der Waals surface area contributed by atoms with Crippen LogP contribution in [0.5, 0.6) is 0 Å². The van der Waals surface area contributed by atoms with Crippen LogP contribution in [0.2, 0.25) is 5.02 Å². The molecule has 0 amide bonds. The first-order valence-corrected chi connectivity index (χ1v) is 6.41. The Hall–Kier alpha value is -1.78. The van der Waals surface area contributed by atoms with Crippen LogP contribution in [0.25, 0.3) is 0 Å². The SMILES string of the molecule is Cc1[nH]c2c(c1C)C([N])N(c1cccc(Cl)c1)C=N2. The Labute approximate surface area is 116 Å². The fourth-order valence-electron chi connectivity index (χ4n) is 2.30. The van der Waals surface area contributed by atoms with E-state index >= 15 is 0 Å². The van der Waals surface area contributed by atoms with Gasteiger partial charge in [0.2, 0.25) is 0 Å². The molecule has 1 aliphatic heterocycles. The van der Waals surface area contributed by atoms with Crippen LogP contribution in [0.15, 0.2) is 29.3 Å². The van der Waals surface area contributed by atoms with Crippen LogP contribution < -0.4 is 10.6 Å². The molecule has 1 atom stereocenters. The molecule has 1 N–H and O–H groups in total. The maximum Gasteiger partial charge on any atom is 0.149 e. The molecule has 1 aromatic carbocycles. The van der Waals surface area contributed by atoms with E-state index in [0.29, 0.717) is 5.02 Å². The Kier molecular flexibility index (Phi) is 2.84. The highest BCUT2D eigenvalue weighted by Gasteiger charge is 2.28. The van der Waals surface area contributed by atoms with Gasteiger partial charge in [0.1, 0.15) is 12.0 Å². The van der Waals surface area contributed by atoms with Crippen molar-refractivity contribution in [3.8, 4) is 0 Å². The smallest absolute Gasteiger partial charge is 0.149 e. The lowest BCUT2D eigenvalue weighted by Gasteiger charge is -2.28. The van der Waals surface area contributed by atoms with E-state index in [1.807, 2.05) is 26.0 Å². The summed E-state index contributed by atoms with van der Waals surface area (Å²) in [5.74, 6) is 0.723. The van der Waals surface area contributed by atoms with Crippen molar-refractivity contribution in [1.29, 1.82) is 0 Å². The summed E-state index contributed by atoms with van der Waals surface area (Å²) >= 11 is 5.99. The Morgan fingerprint density at radius 2 is 2.16 bits per heavy atom. The number of aliphatic imine (C=N–C) groups is 1. The summed E-state index contributed by atoms with van der Waals surface area (Å²) in [5, 5.41) is 0.630. The van der Waals surface area contributed by atoms with Crippen molar-refractivity contribution in [2.75, 3.05) is 4.90 Å². The predicted molar refractivity (Wildman–Crippen MR) is 77.2 cm³/mol. The third kappa shape index (κ3) is 1.93. The van der Waals surface area contributed by atoms with Gasteiger partial charge in [-0.1, -0.05) is 17.7 Å². The molecular weight excluding hydrogens is 260 g/mol. The van der Waals surface area contributed by atoms with E-state index in [1.54, 1.807) is 23.4 Å². The number of aromatic amines is 1. The minimum Gasteiger partial charge on any atom is -0.343 e. The molecule has 96 valence electrons. The van der Waals surface area contributed by atoms with Gasteiger partial charge in [0.15, 0.2) is 0 Å². The number of halogens is 1. The Bertz CT molecular complexity index is 659. The van der Waals surface area contributed by atoms with Crippen molar-refractivity contribution in [2.24, 2.45) is 4.99 Å². The van der Waals surface area contributed by atoms with Gasteiger partial charge >= 0.3 is 0 Å². The summed E-state index contributed by atoms with van der Waals surface area (Å²) in [6.07, 6.45) is 0.865. The Morgan fingerprint density at radius 1 is 1.37 bits per heavy atom. The molecule has 2 heterocycles. The second kappa shape index (κ2) is 4.40. The molecule has 1 unspecified atom stereocenters. The lowest BCUT2D eigenvalue weighted by atomic mass is 10.1. The fraction of sp³-hybridized carbons (Fsp3) is 0.214. The zero-order chi connectivity index (χ0) is 13.6. The number of rotatable bonds is 1. The van der Waals surface area contributed by atoms with Crippen molar-refractivity contribution in [3.63, 3.8) is 0 Å². The van der Waals surface area contributed by atoms with E-state index in [2.05, 4.69) is 9.98 Å². The maximum absolute atomic E-state index is 10.5. The van der Waals surface area contributed by atoms with Crippen LogP contribution in [0.4, 0.5) is 11.5 Å². The molecule has 1 aliphatic rings. The van der Waals surface area contributed by atoms with Crippen LogP contribution >= 0.6 is 11.6 Å². The van der Waals surface area contributed by atoms with E-state index in [-0.39, 0.29) is 0 Å². The van der Waals surface area contributed by atoms with Gasteiger partial charge in [-0.2, -0.15) is 0 Å². The highest BCUT2D eigenvalue weighted by atomic mass is 35.5. The number of benzene rings is 1. The highest BCUT2D eigenvalue weighted by molar-refractivity contribution is 6.30. The number of hydrogen-bond acceptors (Lipinski definition) is 2. The Balaban J connectivity index is 2.06. The number of anilines is 1.